The average molecular weight is 491 g/mol. The lowest BCUT2D eigenvalue weighted by Gasteiger charge is -2.32. The third-order valence-corrected chi connectivity index (χ3v) is 7.08. The number of hydrogen-bond acceptors (Lipinski definition) is 5. The lowest BCUT2D eigenvalue weighted by atomic mass is 9.79. The molecule has 0 bridgehead atoms. The highest BCUT2D eigenvalue weighted by molar-refractivity contribution is 6.00. The standard InChI is InChI=1S/C27H34N6O3/c1-5-33-22(12-13-29-33)26(34)31-25(20-8-6-17(2)7-9-20)27(35)30-23-11-10-21(14-28-23)24-18(3)15-32(36)16-19(24)4/h10-17,20,25H,5-9H2,1-4H3,(H,31,34)(H,28,30,35)/t17-,20-,25-/m0/s1. The molecule has 0 spiro atoms. The highest BCUT2D eigenvalue weighted by atomic mass is 16.5. The molecule has 3 aromatic heterocycles. The quantitative estimate of drug-likeness (QED) is 0.386. The maximum Gasteiger partial charge on any atom is 0.270 e. The first kappa shape index (κ1) is 25.3. The molecule has 1 aliphatic carbocycles. The van der Waals surface area contributed by atoms with Gasteiger partial charge in [-0.15, -0.1) is 0 Å². The molecule has 1 aliphatic rings. The topological polar surface area (TPSA) is 116 Å². The first-order valence-electron chi connectivity index (χ1n) is 12.6. The Morgan fingerprint density at radius 2 is 1.83 bits per heavy atom. The number of amides is 2. The van der Waals surface area contributed by atoms with Crippen LogP contribution in [0, 0.1) is 30.9 Å². The fourth-order valence-electron chi connectivity index (χ4n) is 5.14. The SMILES string of the molecule is CCn1nccc1C(=O)N[C@H](C(=O)Nc1ccc(-c2c(C)c[n+]([O-])cc2C)cn1)[C@H]1CC[C@H](C)CC1. The number of aromatic nitrogens is 4. The second-order valence-electron chi connectivity index (χ2n) is 9.78. The summed E-state index contributed by atoms with van der Waals surface area (Å²) in [5.74, 6) is 0.511. The van der Waals surface area contributed by atoms with Crippen LogP contribution in [0.15, 0.2) is 43.0 Å². The van der Waals surface area contributed by atoms with Crippen molar-refractivity contribution in [3.05, 3.63) is 65.0 Å². The van der Waals surface area contributed by atoms with E-state index in [1.54, 1.807) is 29.2 Å². The van der Waals surface area contributed by atoms with E-state index in [9.17, 15) is 14.8 Å². The molecule has 0 aliphatic heterocycles. The van der Waals surface area contributed by atoms with E-state index in [4.69, 9.17) is 0 Å². The number of nitrogens with one attached hydrogen (secondary N) is 2. The molecule has 0 aromatic carbocycles. The van der Waals surface area contributed by atoms with E-state index in [0.717, 1.165) is 52.7 Å². The molecule has 3 heterocycles. The number of hydrogen-bond donors (Lipinski definition) is 2. The summed E-state index contributed by atoms with van der Waals surface area (Å²) in [4.78, 5) is 30.9. The largest absolute Gasteiger partial charge is 0.619 e. The minimum Gasteiger partial charge on any atom is -0.619 e. The van der Waals surface area contributed by atoms with Gasteiger partial charge in [0.1, 0.15) is 17.6 Å². The molecule has 2 N–H and O–H groups in total. The summed E-state index contributed by atoms with van der Waals surface area (Å²) < 4.78 is 2.42. The van der Waals surface area contributed by atoms with Crippen LogP contribution >= 0.6 is 0 Å². The number of aryl methyl sites for hydroxylation is 3. The van der Waals surface area contributed by atoms with Gasteiger partial charge in [0.05, 0.1) is 0 Å². The van der Waals surface area contributed by atoms with Crippen molar-refractivity contribution in [2.75, 3.05) is 5.32 Å². The Kier molecular flexibility index (Phi) is 7.67. The van der Waals surface area contributed by atoms with Crippen molar-refractivity contribution in [2.45, 2.75) is 66.0 Å². The van der Waals surface area contributed by atoms with Crippen molar-refractivity contribution >= 4 is 17.6 Å². The number of carbonyl (C=O) groups excluding carboxylic acids is 2. The summed E-state index contributed by atoms with van der Waals surface area (Å²) in [5, 5.41) is 21.8. The second-order valence-corrected chi connectivity index (χ2v) is 9.78. The van der Waals surface area contributed by atoms with E-state index in [0.29, 0.717) is 24.0 Å². The molecule has 0 saturated heterocycles. The van der Waals surface area contributed by atoms with Gasteiger partial charge in [0.2, 0.25) is 5.91 Å². The van der Waals surface area contributed by atoms with Gasteiger partial charge in [0.25, 0.3) is 5.91 Å². The van der Waals surface area contributed by atoms with E-state index < -0.39 is 6.04 Å². The number of carbonyl (C=O) groups is 2. The van der Waals surface area contributed by atoms with Crippen molar-refractivity contribution in [3.8, 4) is 11.1 Å². The van der Waals surface area contributed by atoms with Crippen molar-refractivity contribution < 1.29 is 14.3 Å². The first-order valence-corrected chi connectivity index (χ1v) is 12.6. The maximum absolute atomic E-state index is 13.4. The van der Waals surface area contributed by atoms with Gasteiger partial charge < -0.3 is 15.8 Å². The molecule has 36 heavy (non-hydrogen) atoms. The smallest absolute Gasteiger partial charge is 0.270 e. The van der Waals surface area contributed by atoms with Crippen molar-refractivity contribution in [3.63, 3.8) is 0 Å². The second kappa shape index (κ2) is 10.9. The summed E-state index contributed by atoms with van der Waals surface area (Å²) in [6, 6.07) is 4.62. The molecular weight excluding hydrogens is 456 g/mol. The molecule has 9 nitrogen and oxygen atoms in total. The van der Waals surface area contributed by atoms with Gasteiger partial charge in [-0.05, 0) is 63.6 Å². The third kappa shape index (κ3) is 5.56. The van der Waals surface area contributed by atoms with E-state index >= 15 is 0 Å². The summed E-state index contributed by atoms with van der Waals surface area (Å²) in [7, 11) is 0. The molecular formula is C27H34N6O3. The zero-order chi connectivity index (χ0) is 25.8. The molecule has 3 aromatic rings. The van der Waals surface area contributed by atoms with Gasteiger partial charge in [0, 0.05) is 41.2 Å². The van der Waals surface area contributed by atoms with Crippen LogP contribution in [0.5, 0.6) is 0 Å². The number of nitrogens with zero attached hydrogens (tertiary/aromatic N) is 4. The summed E-state index contributed by atoms with van der Waals surface area (Å²) in [6.45, 7) is 8.48. The van der Waals surface area contributed by atoms with E-state index in [1.165, 1.54) is 12.4 Å². The molecule has 0 unspecified atom stereocenters. The zero-order valence-electron chi connectivity index (χ0n) is 21.3. The Bertz CT molecular complexity index is 1210. The van der Waals surface area contributed by atoms with Crippen LogP contribution in [0.2, 0.25) is 0 Å². The minimum atomic E-state index is -0.669. The molecule has 1 atom stereocenters. The molecule has 4 rings (SSSR count). The number of anilines is 1. The Labute approximate surface area is 211 Å². The van der Waals surface area contributed by atoms with Crippen molar-refractivity contribution in [1.82, 2.24) is 20.1 Å². The predicted octanol–water partition coefficient (Wildman–Crippen LogP) is 3.78. The van der Waals surface area contributed by atoms with Crippen LogP contribution in [-0.4, -0.2) is 32.6 Å². The Balaban J connectivity index is 1.52. The summed E-state index contributed by atoms with van der Waals surface area (Å²) >= 11 is 0. The van der Waals surface area contributed by atoms with Crippen molar-refractivity contribution in [1.29, 1.82) is 0 Å². The molecule has 0 radical (unpaired) electrons. The Morgan fingerprint density at radius 3 is 2.44 bits per heavy atom. The van der Waals surface area contributed by atoms with Crippen LogP contribution in [0.4, 0.5) is 5.82 Å². The van der Waals surface area contributed by atoms with Gasteiger partial charge in [0.15, 0.2) is 12.4 Å². The number of rotatable bonds is 7. The summed E-state index contributed by atoms with van der Waals surface area (Å²) in [6.07, 6.45) is 10.2. The van der Waals surface area contributed by atoms with Crippen LogP contribution in [0.1, 0.15) is 61.1 Å². The average Bonchev–Trinajstić information content (AvgIpc) is 3.33. The summed E-state index contributed by atoms with van der Waals surface area (Å²) in [5.41, 5.74) is 3.95. The highest BCUT2D eigenvalue weighted by Crippen LogP contribution is 2.31. The van der Waals surface area contributed by atoms with E-state index in [1.807, 2.05) is 26.8 Å². The molecule has 9 heteroatoms. The maximum atomic E-state index is 13.4. The van der Waals surface area contributed by atoms with Crippen LogP contribution in [0.3, 0.4) is 0 Å². The monoisotopic (exact) mass is 490 g/mol. The molecule has 2 amide bonds. The van der Waals surface area contributed by atoms with Crippen LogP contribution in [0.25, 0.3) is 11.1 Å². The van der Waals surface area contributed by atoms with Crippen LogP contribution < -0.4 is 15.4 Å². The predicted molar refractivity (Wildman–Crippen MR) is 137 cm³/mol. The number of pyridine rings is 2. The van der Waals surface area contributed by atoms with Gasteiger partial charge in [-0.2, -0.15) is 9.83 Å². The van der Waals surface area contributed by atoms with Gasteiger partial charge in [-0.1, -0.05) is 19.8 Å². The minimum absolute atomic E-state index is 0.0517. The van der Waals surface area contributed by atoms with Crippen molar-refractivity contribution in [2.24, 2.45) is 11.8 Å². The van der Waals surface area contributed by atoms with Crippen LogP contribution in [-0.2, 0) is 11.3 Å². The highest BCUT2D eigenvalue weighted by Gasteiger charge is 2.33. The van der Waals surface area contributed by atoms with E-state index in [2.05, 4.69) is 27.6 Å². The molecule has 1 fully saturated rings. The fourth-order valence-corrected chi connectivity index (χ4v) is 5.14. The first-order chi connectivity index (χ1) is 17.3. The lowest BCUT2D eigenvalue weighted by Crippen LogP contribution is -2.49. The van der Waals surface area contributed by atoms with Gasteiger partial charge >= 0.3 is 0 Å². The lowest BCUT2D eigenvalue weighted by molar-refractivity contribution is -0.606. The zero-order valence-corrected chi connectivity index (χ0v) is 21.3. The fraction of sp³-hybridized carbons (Fsp3) is 0.444. The Morgan fingerprint density at radius 1 is 1.14 bits per heavy atom. The van der Waals surface area contributed by atoms with Gasteiger partial charge in [-0.25, -0.2) is 4.98 Å². The normalized spacial score (nSPS) is 18.4. The van der Waals surface area contributed by atoms with Gasteiger partial charge in [-0.3, -0.25) is 14.3 Å². The van der Waals surface area contributed by atoms with E-state index in [-0.39, 0.29) is 17.7 Å². The Hall–Kier alpha value is -3.75. The molecule has 1 saturated carbocycles. The molecule has 190 valence electrons. The third-order valence-electron chi connectivity index (χ3n) is 7.08.